The van der Waals surface area contributed by atoms with Crippen molar-refractivity contribution in [3.63, 3.8) is 0 Å². The first-order valence-corrected chi connectivity index (χ1v) is 8.30. The van der Waals surface area contributed by atoms with Gasteiger partial charge in [0.25, 0.3) is 0 Å². The van der Waals surface area contributed by atoms with Crippen molar-refractivity contribution in [3.8, 4) is 0 Å². The van der Waals surface area contributed by atoms with Crippen molar-refractivity contribution >= 4 is 28.3 Å². The number of carbonyl (C=O) groups is 1. The lowest BCUT2D eigenvalue weighted by atomic mass is 9.97. The summed E-state index contributed by atoms with van der Waals surface area (Å²) < 4.78 is 40.8. The van der Waals surface area contributed by atoms with Crippen molar-refractivity contribution in [3.05, 3.63) is 42.1 Å². The average Bonchev–Trinajstić information content (AvgIpc) is 3.10. The minimum Gasteiger partial charge on any atom is -0.481 e. The van der Waals surface area contributed by atoms with Crippen molar-refractivity contribution in [2.45, 2.75) is 19.0 Å². The average molecular weight is 363 g/mol. The van der Waals surface area contributed by atoms with Crippen LogP contribution in [0.25, 0.3) is 16.6 Å². The third-order valence-corrected chi connectivity index (χ3v) is 4.91. The quantitative estimate of drug-likeness (QED) is 0.752. The molecule has 2 aromatic heterocycles. The molecule has 136 valence electrons. The van der Waals surface area contributed by atoms with Crippen LogP contribution in [-0.4, -0.2) is 33.6 Å². The van der Waals surface area contributed by atoms with Crippen LogP contribution in [0.2, 0.25) is 0 Å². The maximum absolute atomic E-state index is 13.0. The molecule has 0 spiro atoms. The van der Waals surface area contributed by atoms with E-state index in [4.69, 9.17) is 5.11 Å². The first-order valence-electron chi connectivity index (χ1n) is 8.30. The van der Waals surface area contributed by atoms with E-state index < -0.39 is 17.7 Å². The lowest BCUT2D eigenvalue weighted by Gasteiger charge is -2.31. The summed E-state index contributed by atoms with van der Waals surface area (Å²) in [4.78, 5) is 17.7. The Morgan fingerprint density at radius 3 is 2.54 bits per heavy atom. The van der Waals surface area contributed by atoms with Gasteiger partial charge in [-0.25, -0.2) is 4.98 Å². The van der Waals surface area contributed by atoms with Crippen molar-refractivity contribution in [1.29, 1.82) is 0 Å². The van der Waals surface area contributed by atoms with Crippen LogP contribution in [0.5, 0.6) is 0 Å². The second kappa shape index (κ2) is 5.89. The molecule has 26 heavy (non-hydrogen) atoms. The van der Waals surface area contributed by atoms with E-state index in [1.165, 1.54) is 6.07 Å². The molecule has 1 fully saturated rings. The number of rotatable bonds is 2. The second-order valence-corrected chi connectivity index (χ2v) is 6.50. The molecule has 0 unspecified atom stereocenters. The molecule has 1 N–H and O–H groups in total. The van der Waals surface area contributed by atoms with E-state index in [2.05, 4.69) is 4.98 Å². The van der Waals surface area contributed by atoms with Gasteiger partial charge < -0.3 is 14.4 Å². The largest absolute Gasteiger partial charge is 0.481 e. The minimum atomic E-state index is -4.41. The number of carboxylic acid groups (broad SMARTS) is 1. The number of fused-ring (bicyclic) bond motifs is 3. The lowest BCUT2D eigenvalue weighted by molar-refractivity contribution is -0.142. The number of nitrogens with zero attached hydrogens (tertiary/aromatic N) is 3. The van der Waals surface area contributed by atoms with Crippen LogP contribution in [0.4, 0.5) is 19.0 Å². The van der Waals surface area contributed by atoms with Gasteiger partial charge in [-0.05, 0) is 43.2 Å². The molecule has 3 aromatic rings. The SMILES string of the molecule is O=C(O)C1CCN(c2nc3ccc(C(F)(F)F)cc3n3cccc23)CC1. The van der Waals surface area contributed by atoms with Gasteiger partial charge in [0.05, 0.1) is 28.0 Å². The summed E-state index contributed by atoms with van der Waals surface area (Å²) in [5, 5.41) is 9.14. The third-order valence-electron chi connectivity index (χ3n) is 4.91. The molecule has 0 saturated carbocycles. The number of hydrogen-bond donors (Lipinski definition) is 1. The molecule has 1 aliphatic rings. The Morgan fingerprint density at radius 1 is 1.15 bits per heavy atom. The summed E-state index contributed by atoms with van der Waals surface area (Å²) in [5.74, 6) is -0.474. The Bertz CT molecular complexity index is 988. The molecule has 5 nitrogen and oxygen atoms in total. The maximum atomic E-state index is 13.0. The number of halogens is 3. The van der Waals surface area contributed by atoms with Crippen LogP contribution >= 0.6 is 0 Å². The Labute approximate surface area is 146 Å². The number of benzene rings is 1. The fourth-order valence-corrected chi connectivity index (χ4v) is 3.50. The number of aliphatic carboxylic acids is 1. The normalized spacial score (nSPS) is 16.5. The predicted molar refractivity (Wildman–Crippen MR) is 90.3 cm³/mol. The number of anilines is 1. The lowest BCUT2D eigenvalue weighted by Crippen LogP contribution is -2.37. The van der Waals surface area contributed by atoms with E-state index >= 15 is 0 Å². The van der Waals surface area contributed by atoms with Gasteiger partial charge in [-0.1, -0.05) is 0 Å². The van der Waals surface area contributed by atoms with E-state index in [0.29, 0.717) is 48.3 Å². The molecule has 4 rings (SSSR count). The molecule has 0 bridgehead atoms. The van der Waals surface area contributed by atoms with Gasteiger partial charge in [-0.2, -0.15) is 13.2 Å². The Morgan fingerprint density at radius 2 is 1.88 bits per heavy atom. The first kappa shape index (κ1) is 16.7. The highest BCUT2D eigenvalue weighted by atomic mass is 19.4. The number of carboxylic acids is 1. The van der Waals surface area contributed by atoms with Gasteiger partial charge >= 0.3 is 12.1 Å². The summed E-state index contributed by atoms with van der Waals surface area (Å²) in [5.41, 5.74) is 0.864. The van der Waals surface area contributed by atoms with E-state index in [1.807, 2.05) is 11.0 Å². The van der Waals surface area contributed by atoms with E-state index in [-0.39, 0.29) is 5.92 Å². The molecule has 3 heterocycles. The van der Waals surface area contributed by atoms with Gasteiger partial charge in [0.2, 0.25) is 0 Å². The zero-order chi connectivity index (χ0) is 18.5. The maximum Gasteiger partial charge on any atom is 0.416 e. The number of hydrogen-bond acceptors (Lipinski definition) is 3. The highest BCUT2D eigenvalue weighted by Gasteiger charge is 2.31. The van der Waals surface area contributed by atoms with Gasteiger partial charge in [0.15, 0.2) is 5.82 Å². The number of aromatic nitrogens is 2. The predicted octanol–water partition coefficient (Wildman–Crippen LogP) is 3.81. The molecule has 0 atom stereocenters. The smallest absolute Gasteiger partial charge is 0.416 e. The Balaban J connectivity index is 1.79. The summed E-state index contributed by atoms with van der Waals surface area (Å²) in [6.07, 6.45) is -1.65. The monoisotopic (exact) mass is 363 g/mol. The molecule has 0 aliphatic carbocycles. The zero-order valence-corrected chi connectivity index (χ0v) is 13.7. The van der Waals surface area contributed by atoms with Crippen molar-refractivity contribution < 1.29 is 23.1 Å². The molecular formula is C18H16F3N3O2. The van der Waals surface area contributed by atoms with Crippen LogP contribution < -0.4 is 4.90 Å². The summed E-state index contributed by atoms with van der Waals surface area (Å²) in [6, 6.07) is 7.10. The zero-order valence-electron chi connectivity index (χ0n) is 13.7. The Kier molecular flexibility index (Phi) is 3.78. The summed E-state index contributed by atoms with van der Waals surface area (Å²) in [7, 11) is 0. The highest BCUT2D eigenvalue weighted by molar-refractivity contribution is 5.85. The van der Waals surface area contributed by atoms with Crippen LogP contribution in [0.1, 0.15) is 18.4 Å². The van der Waals surface area contributed by atoms with E-state index in [0.717, 1.165) is 12.1 Å². The first-order chi connectivity index (χ1) is 12.3. The van der Waals surface area contributed by atoms with Crippen LogP contribution in [-0.2, 0) is 11.0 Å². The molecule has 1 aromatic carbocycles. The molecular weight excluding hydrogens is 347 g/mol. The fourth-order valence-electron chi connectivity index (χ4n) is 3.50. The number of alkyl halides is 3. The van der Waals surface area contributed by atoms with Gasteiger partial charge in [0.1, 0.15) is 0 Å². The van der Waals surface area contributed by atoms with Gasteiger partial charge in [-0.15, -0.1) is 0 Å². The Hall–Kier alpha value is -2.77. The molecule has 1 aliphatic heterocycles. The fraction of sp³-hybridized carbons (Fsp3) is 0.333. The molecule has 0 radical (unpaired) electrons. The number of piperidine rings is 1. The van der Waals surface area contributed by atoms with Crippen molar-refractivity contribution in [1.82, 2.24) is 9.38 Å². The van der Waals surface area contributed by atoms with Crippen molar-refractivity contribution in [2.75, 3.05) is 18.0 Å². The topological polar surface area (TPSA) is 57.8 Å². The van der Waals surface area contributed by atoms with Crippen LogP contribution in [0, 0.1) is 5.92 Å². The van der Waals surface area contributed by atoms with Crippen LogP contribution in [0.15, 0.2) is 36.5 Å². The minimum absolute atomic E-state index is 0.358. The van der Waals surface area contributed by atoms with Gasteiger partial charge in [-0.3, -0.25) is 4.79 Å². The molecule has 0 amide bonds. The second-order valence-electron chi connectivity index (χ2n) is 6.50. The van der Waals surface area contributed by atoms with Crippen molar-refractivity contribution in [2.24, 2.45) is 5.92 Å². The third kappa shape index (κ3) is 2.75. The highest BCUT2D eigenvalue weighted by Crippen LogP contribution is 2.33. The standard InChI is InChI=1S/C18H16F3N3O2/c19-18(20,21)12-3-4-13-15(10-12)24-7-1-2-14(24)16(22-13)23-8-5-11(6-9-23)17(25)26/h1-4,7,10-11H,5-6,8-9H2,(H,25,26). The van der Waals surface area contributed by atoms with Gasteiger partial charge in [0, 0.05) is 19.3 Å². The summed E-state index contributed by atoms with van der Waals surface area (Å²) in [6.45, 7) is 1.11. The van der Waals surface area contributed by atoms with E-state index in [9.17, 15) is 18.0 Å². The van der Waals surface area contributed by atoms with E-state index in [1.54, 1.807) is 16.7 Å². The molecule has 8 heteroatoms. The summed E-state index contributed by atoms with van der Waals surface area (Å²) >= 11 is 0. The van der Waals surface area contributed by atoms with Crippen LogP contribution in [0.3, 0.4) is 0 Å². The molecule has 1 saturated heterocycles.